The van der Waals surface area contributed by atoms with Crippen LogP contribution in [0.3, 0.4) is 0 Å². The van der Waals surface area contributed by atoms with E-state index in [9.17, 15) is 5.11 Å². The van der Waals surface area contributed by atoms with Gasteiger partial charge >= 0.3 is 0 Å². The summed E-state index contributed by atoms with van der Waals surface area (Å²) in [5, 5.41) is 13.0. The van der Waals surface area contributed by atoms with Crippen molar-refractivity contribution in [3.8, 4) is 17.2 Å². The summed E-state index contributed by atoms with van der Waals surface area (Å²) in [6, 6.07) is 13.5. The maximum absolute atomic E-state index is 9.70. The Morgan fingerprint density at radius 1 is 1.11 bits per heavy atom. The molecular weight excluding hydrogens is 354 g/mol. The molecule has 0 bridgehead atoms. The average molecular weight is 386 g/mol. The number of phenolic OH excluding ortho intramolecular Hbond substituents is 1. The minimum absolute atomic E-state index is 0.151. The van der Waals surface area contributed by atoms with Gasteiger partial charge in [0.1, 0.15) is 5.75 Å². The molecule has 0 amide bonds. The highest BCUT2D eigenvalue weighted by Crippen LogP contribution is 2.26. The second-order valence-corrected chi connectivity index (χ2v) is 6.42. The zero-order valence-electron chi connectivity index (χ0n) is 17.2. The fourth-order valence-electron chi connectivity index (χ4n) is 2.84. The Hall–Kier alpha value is -2.89. The summed E-state index contributed by atoms with van der Waals surface area (Å²) in [4.78, 5) is 6.84. The van der Waals surface area contributed by atoms with Crippen molar-refractivity contribution in [2.75, 3.05) is 33.9 Å². The number of hydrogen-bond acceptors (Lipinski definition) is 4. The number of methoxy groups -OCH3 is 1. The molecule has 0 fully saturated rings. The highest BCUT2D eigenvalue weighted by atomic mass is 16.5. The van der Waals surface area contributed by atoms with Crippen LogP contribution in [0.2, 0.25) is 0 Å². The molecule has 6 heteroatoms. The zero-order valence-corrected chi connectivity index (χ0v) is 17.2. The molecule has 0 unspecified atom stereocenters. The maximum Gasteiger partial charge on any atom is 0.193 e. The third-order valence-corrected chi connectivity index (χ3v) is 4.26. The van der Waals surface area contributed by atoms with Crippen molar-refractivity contribution < 1.29 is 14.6 Å². The second kappa shape index (κ2) is 11.1. The molecule has 2 aromatic rings. The summed E-state index contributed by atoms with van der Waals surface area (Å²) in [7, 11) is 3.58. The highest BCUT2D eigenvalue weighted by molar-refractivity contribution is 5.79. The van der Waals surface area contributed by atoms with Crippen LogP contribution < -0.4 is 14.8 Å². The Morgan fingerprint density at radius 3 is 2.46 bits per heavy atom. The van der Waals surface area contributed by atoms with Gasteiger partial charge in [-0.25, -0.2) is 0 Å². The average Bonchev–Trinajstić information content (AvgIpc) is 2.70. The van der Waals surface area contributed by atoms with Crippen molar-refractivity contribution in [1.29, 1.82) is 0 Å². The molecule has 2 aromatic carbocycles. The number of phenols is 1. The van der Waals surface area contributed by atoms with Gasteiger partial charge in [0.2, 0.25) is 0 Å². The molecule has 0 saturated heterocycles. The van der Waals surface area contributed by atoms with Crippen LogP contribution in [0.5, 0.6) is 17.2 Å². The van der Waals surface area contributed by atoms with Gasteiger partial charge in [0.05, 0.1) is 13.7 Å². The number of nitrogens with one attached hydrogen (secondary N) is 1. The van der Waals surface area contributed by atoms with Crippen LogP contribution in [0.25, 0.3) is 0 Å². The van der Waals surface area contributed by atoms with Crippen molar-refractivity contribution >= 4 is 5.96 Å². The topological polar surface area (TPSA) is 66.3 Å². The summed E-state index contributed by atoms with van der Waals surface area (Å²) >= 11 is 0. The van der Waals surface area contributed by atoms with Crippen LogP contribution in [0.15, 0.2) is 47.5 Å². The number of aromatic hydroxyl groups is 1. The van der Waals surface area contributed by atoms with Crippen LogP contribution in [0.4, 0.5) is 0 Å². The largest absolute Gasteiger partial charge is 0.504 e. The quantitative estimate of drug-likeness (QED) is 0.511. The normalized spacial score (nSPS) is 11.2. The summed E-state index contributed by atoms with van der Waals surface area (Å²) < 4.78 is 10.7. The molecule has 0 atom stereocenters. The molecule has 0 spiro atoms. The molecule has 28 heavy (non-hydrogen) atoms. The molecule has 0 radical (unpaired) electrons. The van der Waals surface area contributed by atoms with E-state index in [0.717, 1.165) is 36.8 Å². The van der Waals surface area contributed by atoms with E-state index in [-0.39, 0.29) is 5.75 Å². The van der Waals surface area contributed by atoms with Gasteiger partial charge in [0, 0.05) is 26.7 Å². The van der Waals surface area contributed by atoms with E-state index in [2.05, 4.69) is 29.3 Å². The Labute approximate surface area is 167 Å². The van der Waals surface area contributed by atoms with Gasteiger partial charge in [-0.1, -0.05) is 18.2 Å². The van der Waals surface area contributed by atoms with Crippen molar-refractivity contribution in [2.45, 2.75) is 26.8 Å². The van der Waals surface area contributed by atoms with E-state index in [1.807, 2.05) is 38.2 Å². The fraction of sp³-hybridized carbons (Fsp3) is 0.409. The molecular formula is C22H31N3O3. The molecule has 2 rings (SSSR count). The molecule has 0 aliphatic carbocycles. The first-order valence-corrected chi connectivity index (χ1v) is 9.64. The number of benzene rings is 2. The van der Waals surface area contributed by atoms with E-state index in [1.54, 1.807) is 13.2 Å². The molecule has 0 saturated carbocycles. The predicted octanol–water partition coefficient (Wildman–Crippen LogP) is 3.44. The molecule has 2 N–H and O–H groups in total. The summed E-state index contributed by atoms with van der Waals surface area (Å²) in [6.07, 6.45) is 0.766. The Bertz CT molecular complexity index is 760. The van der Waals surface area contributed by atoms with Gasteiger partial charge in [-0.2, -0.15) is 0 Å². The highest BCUT2D eigenvalue weighted by Gasteiger charge is 2.07. The van der Waals surface area contributed by atoms with Gasteiger partial charge in [0.15, 0.2) is 17.5 Å². The fourth-order valence-corrected chi connectivity index (χ4v) is 2.84. The summed E-state index contributed by atoms with van der Waals surface area (Å²) in [5.41, 5.74) is 2.27. The smallest absolute Gasteiger partial charge is 0.193 e. The van der Waals surface area contributed by atoms with Gasteiger partial charge in [0.25, 0.3) is 0 Å². The van der Waals surface area contributed by atoms with Crippen LogP contribution in [-0.2, 0) is 13.0 Å². The number of guanidine groups is 1. The third kappa shape index (κ3) is 6.37. The minimum Gasteiger partial charge on any atom is -0.504 e. The van der Waals surface area contributed by atoms with Crippen molar-refractivity contribution in [3.05, 3.63) is 53.6 Å². The van der Waals surface area contributed by atoms with Gasteiger partial charge in [-0.05, 0) is 55.7 Å². The molecule has 0 heterocycles. The first-order chi connectivity index (χ1) is 13.6. The van der Waals surface area contributed by atoms with Crippen LogP contribution in [0, 0.1) is 0 Å². The Morgan fingerprint density at radius 2 is 1.82 bits per heavy atom. The number of aliphatic imine (C=N–C) groups is 1. The molecule has 0 aliphatic heterocycles. The standard InChI is InChI=1S/C22H31N3O3/c1-5-23-22(24-14-13-17-9-12-20(26)21(15-17)27-4)25(3)16-18-7-10-19(11-8-18)28-6-2/h7-12,15,26H,5-6,13-14,16H2,1-4H3,(H,23,24). The predicted molar refractivity (Wildman–Crippen MR) is 113 cm³/mol. The molecule has 0 aliphatic rings. The Kier molecular flexibility index (Phi) is 8.46. The maximum atomic E-state index is 9.70. The number of hydrogen-bond donors (Lipinski definition) is 2. The number of ether oxygens (including phenoxy) is 2. The van der Waals surface area contributed by atoms with Crippen molar-refractivity contribution in [1.82, 2.24) is 10.2 Å². The van der Waals surface area contributed by atoms with E-state index in [1.165, 1.54) is 5.56 Å². The molecule has 6 nitrogen and oxygen atoms in total. The summed E-state index contributed by atoms with van der Waals surface area (Å²) in [6.45, 7) is 6.91. The lowest BCUT2D eigenvalue weighted by molar-refractivity contribution is 0.340. The van der Waals surface area contributed by atoms with E-state index < -0.39 is 0 Å². The van der Waals surface area contributed by atoms with Gasteiger partial charge in [-0.3, -0.25) is 4.99 Å². The molecule has 0 aromatic heterocycles. The second-order valence-electron chi connectivity index (χ2n) is 6.42. The van der Waals surface area contributed by atoms with Crippen LogP contribution >= 0.6 is 0 Å². The van der Waals surface area contributed by atoms with Crippen molar-refractivity contribution in [3.63, 3.8) is 0 Å². The lowest BCUT2D eigenvalue weighted by atomic mass is 10.1. The molecule has 152 valence electrons. The lowest BCUT2D eigenvalue weighted by Crippen LogP contribution is -2.38. The van der Waals surface area contributed by atoms with Crippen LogP contribution in [0.1, 0.15) is 25.0 Å². The monoisotopic (exact) mass is 385 g/mol. The van der Waals surface area contributed by atoms with E-state index in [0.29, 0.717) is 18.9 Å². The number of nitrogens with zero attached hydrogens (tertiary/aromatic N) is 2. The van der Waals surface area contributed by atoms with E-state index >= 15 is 0 Å². The zero-order chi connectivity index (χ0) is 20.4. The SMILES string of the molecule is CCNC(=NCCc1ccc(O)c(OC)c1)N(C)Cc1ccc(OCC)cc1. The first-order valence-electron chi connectivity index (χ1n) is 9.64. The first kappa shape index (κ1) is 21.4. The lowest BCUT2D eigenvalue weighted by Gasteiger charge is -2.22. The number of rotatable bonds is 9. The summed E-state index contributed by atoms with van der Waals surface area (Å²) in [5.74, 6) is 2.39. The third-order valence-electron chi connectivity index (χ3n) is 4.26. The van der Waals surface area contributed by atoms with Gasteiger partial charge in [-0.15, -0.1) is 0 Å². The van der Waals surface area contributed by atoms with Gasteiger partial charge < -0.3 is 24.8 Å². The Balaban J connectivity index is 1.98. The van der Waals surface area contributed by atoms with Crippen LogP contribution in [-0.4, -0.2) is 49.8 Å². The minimum atomic E-state index is 0.151. The van der Waals surface area contributed by atoms with E-state index in [4.69, 9.17) is 14.5 Å². The van der Waals surface area contributed by atoms with Crippen molar-refractivity contribution in [2.24, 2.45) is 4.99 Å².